The molecule has 2 saturated carbocycles. The van der Waals surface area contributed by atoms with Crippen molar-refractivity contribution < 1.29 is 39.0 Å². The van der Waals surface area contributed by atoms with Crippen LogP contribution in [0, 0.1) is 34.5 Å². The largest absolute Gasteiger partial charge is 0.507 e. The highest BCUT2D eigenvalue weighted by atomic mass is 16.3. The third-order valence-electron chi connectivity index (χ3n) is 11.0. The molecular formula is C38H44O8. The lowest BCUT2D eigenvalue weighted by molar-refractivity contribution is -0.205. The highest BCUT2D eigenvalue weighted by Gasteiger charge is 2.76. The zero-order valence-corrected chi connectivity index (χ0v) is 27.7. The Morgan fingerprint density at radius 3 is 2.17 bits per heavy atom. The Morgan fingerprint density at radius 2 is 1.61 bits per heavy atom. The maximum Gasteiger partial charge on any atom is 0.190 e. The number of aromatic hydroxyl groups is 1. The van der Waals surface area contributed by atoms with E-state index in [0.29, 0.717) is 11.1 Å². The molecule has 3 aliphatic rings. The lowest BCUT2D eigenvalue weighted by Crippen LogP contribution is -2.76. The number of ketones is 6. The number of hydrogen-bond acceptors (Lipinski definition) is 8. The second-order valence-electron chi connectivity index (χ2n) is 15.0. The van der Waals surface area contributed by atoms with E-state index in [1.807, 2.05) is 50.2 Å². The van der Waals surface area contributed by atoms with Crippen molar-refractivity contribution in [1.29, 1.82) is 0 Å². The molecule has 0 radical (unpaired) electrons. The van der Waals surface area contributed by atoms with Gasteiger partial charge in [-0.15, -0.1) is 0 Å². The van der Waals surface area contributed by atoms with E-state index in [1.165, 1.54) is 0 Å². The number of Topliss-reactive ketones (excluding diaryl/α,β-unsaturated/α-hetero) is 6. The van der Waals surface area contributed by atoms with Gasteiger partial charge in [-0.1, -0.05) is 77.9 Å². The molecule has 3 unspecified atom stereocenters. The number of aryl methyl sites for hydroxylation is 1. The average Bonchev–Trinajstić information content (AvgIpc) is 2.94. The van der Waals surface area contributed by atoms with Crippen molar-refractivity contribution in [3.05, 3.63) is 64.2 Å². The zero-order chi connectivity index (χ0) is 34.1. The molecule has 8 heteroatoms. The highest BCUT2D eigenvalue weighted by Crippen LogP contribution is 2.64. The summed E-state index contributed by atoms with van der Waals surface area (Å²) in [6.07, 6.45) is 0.776. The fourth-order valence-corrected chi connectivity index (χ4v) is 9.18. The second kappa shape index (κ2) is 11.5. The minimum absolute atomic E-state index is 0.0110. The van der Waals surface area contributed by atoms with Crippen molar-refractivity contribution in [1.82, 2.24) is 0 Å². The summed E-state index contributed by atoms with van der Waals surface area (Å²) in [5, 5.41) is 23.8. The standard InChI is InChI=1S/C38H44O8/c1-19(2)25-16-23(13-14-24(40)15-22-11-9-8-10-12-22)31(41)28-26(25)17-36(6)18-37(7)29(20(3)4)32(42)27(21(5)39)34(44)38(37,46)35(45)30(36)33(28)43/h8-12,16,19-20,27,29-30,41,46H,13-15,17-18H2,1-7H3/t27?,29?,30?,36-,37-,38+/m1/s1. The van der Waals surface area contributed by atoms with Gasteiger partial charge >= 0.3 is 0 Å². The van der Waals surface area contributed by atoms with Gasteiger partial charge in [-0.2, -0.15) is 0 Å². The Hall–Kier alpha value is -3.78. The quantitative estimate of drug-likeness (QED) is 0.391. The molecule has 0 heterocycles. The third kappa shape index (κ3) is 4.83. The van der Waals surface area contributed by atoms with E-state index in [2.05, 4.69) is 0 Å². The Kier molecular flexibility index (Phi) is 8.38. The summed E-state index contributed by atoms with van der Waals surface area (Å²) < 4.78 is 0. The lowest BCUT2D eigenvalue weighted by Gasteiger charge is -2.62. The van der Waals surface area contributed by atoms with Crippen molar-refractivity contribution in [3.63, 3.8) is 0 Å². The van der Waals surface area contributed by atoms with Crippen molar-refractivity contribution in [2.75, 3.05) is 0 Å². The summed E-state index contributed by atoms with van der Waals surface area (Å²) in [5.41, 5.74) is -2.66. The van der Waals surface area contributed by atoms with E-state index in [1.54, 1.807) is 27.7 Å². The number of hydrogen-bond donors (Lipinski definition) is 2. The second-order valence-corrected chi connectivity index (χ2v) is 15.0. The van der Waals surface area contributed by atoms with Gasteiger partial charge in [-0.25, -0.2) is 0 Å². The molecule has 0 aliphatic heterocycles. The Morgan fingerprint density at radius 1 is 0.978 bits per heavy atom. The number of phenolic OH excluding ortho intramolecular Hbond substituents is 1. The molecule has 2 aromatic rings. The van der Waals surface area contributed by atoms with E-state index >= 15 is 0 Å². The first-order valence-electron chi connectivity index (χ1n) is 16.2. The highest BCUT2D eigenvalue weighted by molar-refractivity contribution is 6.32. The van der Waals surface area contributed by atoms with Crippen LogP contribution in [0.5, 0.6) is 5.75 Å². The van der Waals surface area contributed by atoms with E-state index in [0.717, 1.165) is 18.1 Å². The van der Waals surface area contributed by atoms with Crippen LogP contribution >= 0.6 is 0 Å². The van der Waals surface area contributed by atoms with Crippen molar-refractivity contribution in [3.8, 4) is 5.75 Å². The van der Waals surface area contributed by atoms with Gasteiger partial charge in [0, 0.05) is 24.2 Å². The van der Waals surface area contributed by atoms with E-state index in [-0.39, 0.29) is 55.1 Å². The molecule has 244 valence electrons. The van der Waals surface area contributed by atoms with Crippen LogP contribution in [0.4, 0.5) is 0 Å². The Balaban J connectivity index is 1.60. The number of rotatable bonds is 8. The molecule has 46 heavy (non-hydrogen) atoms. The van der Waals surface area contributed by atoms with E-state index in [9.17, 15) is 39.0 Å². The summed E-state index contributed by atoms with van der Waals surface area (Å²) in [6, 6.07) is 11.2. The summed E-state index contributed by atoms with van der Waals surface area (Å²) in [5.74, 6) is -9.22. The van der Waals surface area contributed by atoms with Gasteiger partial charge in [0.05, 0.1) is 11.5 Å². The van der Waals surface area contributed by atoms with Crippen LogP contribution in [-0.4, -0.2) is 50.5 Å². The molecule has 2 N–H and O–H groups in total. The van der Waals surface area contributed by atoms with Gasteiger partial charge < -0.3 is 10.2 Å². The average molecular weight is 629 g/mol. The molecule has 2 fully saturated rings. The van der Waals surface area contributed by atoms with Crippen LogP contribution in [-0.2, 0) is 43.2 Å². The fraction of sp³-hybridized carbons (Fsp3) is 0.526. The van der Waals surface area contributed by atoms with Gasteiger partial charge in [-0.3, -0.25) is 28.8 Å². The minimum atomic E-state index is -2.73. The zero-order valence-electron chi connectivity index (χ0n) is 27.7. The number of benzene rings is 2. The number of phenols is 1. The minimum Gasteiger partial charge on any atom is -0.507 e. The van der Waals surface area contributed by atoms with Crippen LogP contribution in [0.15, 0.2) is 36.4 Å². The molecule has 0 amide bonds. The first-order chi connectivity index (χ1) is 21.4. The lowest BCUT2D eigenvalue weighted by atomic mass is 9.39. The van der Waals surface area contributed by atoms with Crippen LogP contribution in [0.1, 0.15) is 99.8 Å². The molecule has 0 spiro atoms. The third-order valence-corrected chi connectivity index (χ3v) is 11.0. The molecule has 0 bridgehead atoms. The Labute approximate surface area is 270 Å². The molecule has 0 aromatic heterocycles. The van der Waals surface area contributed by atoms with Crippen molar-refractivity contribution in [2.45, 2.75) is 92.1 Å². The van der Waals surface area contributed by atoms with Crippen LogP contribution in [0.3, 0.4) is 0 Å². The molecule has 6 atom stereocenters. The van der Waals surface area contributed by atoms with Crippen LogP contribution in [0.25, 0.3) is 0 Å². The van der Waals surface area contributed by atoms with Crippen LogP contribution in [0.2, 0.25) is 0 Å². The molecule has 0 saturated heterocycles. The van der Waals surface area contributed by atoms with Gasteiger partial charge in [-0.05, 0) is 65.7 Å². The summed E-state index contributed by atoms with van der Waals surface area (Å²) >= 11 is 0. The predicted molar refractivity (Wildman–Crippen MR) is 170 cm³/mol. The predicted octanol–water partition coefficient (Wildman–Crippen LogP) is 4.96. The topological polar surface area (TPSA) is 143 Å². The smallest absolute Gasteiger partial charge is 0.190 e. The SMILES string of the molecule is CC(=O)C1C(=O)C(C(C)C)[C@@]2(C)C[C@@]3(C)Cc4c(C(C)C)cc(CCC(=O)Cc5ccccc5)c(O)c4C(=O)C3C(=O)[C@@]2(O)C1=O. The van der Waals surface area contributed by atoms with Gasteiger partial charge in [0.25, 0.3) is 0 Å². The van der Waals surface area contributed by atoms with Gasteiger partial charge in [0.15, 0.2) is 28.7 Å². The van der Waals surface area contributed by atoms with Crippen molar-refractivity contribution in [2.24, 2.45) is 34.5 Å². The maximum absolute atomic E-state index is 14.6. The number of carbonyl (C=O) groups excluding carboxylic acids is 6. The monoisotopic (exact) mass is 628 g/mol. The molecule has 8 nitrogen and oxygen atoms in total. The van der Waals surface area contributed by atoms with E-state index in [4.69, 9.17) is 0 Å². The first kappa shape index (κ1) is 33.6. The van der Waals surface area contributed by atoms with Gasteiger partial charge in [0.2, 0.25) is 0 Å². The first-order valence-corrected chi connectivity index (χ1v) is 16.2. The number of carbonyl (C=O) groups is 6. The van der Waals surface area contributed by atoms with Crippen molar-refractivity contribution >= 4 is 34.7 Å². The van der Waals surface area contributed by atoms with E-state index < -0.39 is 69.0 Å². The maximum atomic E-state index is 14.6. The summed E-state index contributed by atoms with van der Waals surface area (Å²) in [6.45, 7) is 11.9. The van der Waals surface area contributed by atoms with Gasteiger partial charge in [0.1, 0.15) is 23.2 Å². The molecule has 2 aromatic carbocycles. The van der Waals surface area contributed by atoms with Crippen LogP contribution < -0.4 is 0 Å². The molecule has 5 rings (SSSR count). The summed E-state index contributed by atoms with van der Waals surface area (Å²) in [7, 11) is 0. The number of aliphatic hydroxyl groups is 1. The number of fused-ring (bicyclic) bond motifs is 3. The Bertz CT molecular complexity index is 1670. The fourth-order valence-electron chi connectivity index (χ4n) is 9.18. The molecule has 3 aliphatic carbocycles. The summed E-state index contributed by atoms with van der Waals surface area (Å²) in [4.78, 5) is 82.1. The normalized spacial score (nSPS) is 30.7. The molecular weight excluding hydrogens is 584 g/mol.